The summed E-state index contributed by atoms with van der Waals surface area (Å²) >= 11 is 0. The van der Waals surface area contributed by atoms with Gasteiger partial charge in [-0.1, -0.05) is 20.8 Å². The van der Waals surface area contributed by atoms with Gasteiger partial charge in [0.05, 0.1) is 0 Å². The molecule has 0 saturated heterocycles. The zero-order valence-corrected chi connectivity index (χ0v) is 11.5. The van der Waals surface area contributed by atoms with Gasteiger partial charge in [-0.15, -0.1) is 0 Å². The second-order valence-electron chi connectivity index (χ2n) is 5.21. The smallest absolute Gasteiger partial charge is 0.246 e. The molecule has 0 unspecified atom stereocenters. The summed E-state index contributed by atoms with van der Waals surface area (Å²) in [5.41, 5.74) is 5.48. The van der Waals surface area contributed by atoms with Gasteiger partial charge in [0.1, 0.15) is 10.7 Å². The van der Waals surface area contributed by atoms with E-state index in [2.05, 4.69) is 4.98 Å². The Morgan fingerprint density at radius 2 is 2.00 bits per heavy atom. The Balaban J connectivity index is 3.09. The summed E-state index contributed by atoms with van der Waals surface area (Å²) in [6.45, 7) is 6.35. The van der Waals surface area contributed by atoms with E-state index in [4.69, 9.17) is 5.73 Å². The Morgan fingerprint density at radius 1 is 1.41 bits per heavy atom. The lowest BCUT2D eigenvalue weighted by Crippen LogP contribution is -2.34. The van der Waals surface area contributed by atoms with Crippen molar-refractivity contribution in [3.8, 4) is 0 Å². The van der Waals surface area contributed by atoms with Gasteiger partial charge < -0.3 is 5.73 Å². The molecule has 0 amide bonds. The maximum Gasteiger partial charge on any atom is 0.246 e. The molecule has 0 radical (unpaired) electrons. The molecule has 2 N–H and O–H groups in total. The lowest BCUT2D eigenvalue weighted by molar-refractivity contribution is 0.311. The Labute approximate surface area is 103 Å². The van der Waals surface area contributed by atoms with Gasteiger partial charge >= 0.3 is 0 Å². The Morgan fingerprint density at radius 3 is 2.47 bits per heavy atom. The second kappa shape index (κ2) is 4.62. The molecule has 0 atom stereocenters. The van der Waals surface area contributed by atoms with E-state index in [0.717, 1.165) is 0 Å². The van der Waals surface area contributed by atoms with Crippen molar-refractivity contribution in [2.75, 3.05) is 19.3 Å². The summed E-state index contributed by atoms with van der Waals surface area (Å²) in [7, 11) is -2.01. The summed E-state index contributed by atoms with van der Waals surface area (Å²) in [5.74, 6) is 0.0354. The molecule has 0 spiro atoms. The molecule has 96 valence electrons. The van der Waals surface area contributed by atoms with E-state index in [-0.39, 0.29) is 16.1 Å². The number of sulfonamides is 1. The van der Waals surface area contributed by atoms with Crippen LogP contribution in [0.5, 0.6) is 0 Å². The standard InChI is InChI=1S/C11H19N3O2S/c1-11(2,3)8-14(4)17(15,16)9-6-5-7-13-10(9)12/h5-7H,8H2,1-4H3,(H2,12,13). The van der Waals surface area contributed by atoms with Crippen LogP contribution in [0.15, 0.2) is 23.2 Å². The molecule has 0 saturated carbocycles. The van der Waals surface area contributed by atoms with Crippen LogP contribution in [0.25, 0.3) is 0 Å². The highest BCUT2D eigenvalue weighted by Gasteiger charge is 2.27. The minimum absolute atomic E-state index is 0.0354. The highest BCUT2D eigenvalue weighted by Crippen LogP contribution is 2.23. The van der Waals surface area contributed by atoms with Crippen molar-refractivity contribution >= 4 is 15.8 Å². The number of anilines is 1. The van der Waals surface area contributed by atoms with Gasteiger partial charge in [0.25, 0.3) is 0 Å². The predicted octanol–water partition coefficient (Wildman–Crippen LogP) is 1.33. The number of nitrogens with zero attached hydrogens (tertiary/aromatic N) is 2. The van der Waals surface area contributed by atoms with Crippen LogP contribution < -0.4 is 5.73 Å². The minimum atomic E-state index is -3.56. The topological polar surface area (TPSA) is 76.3 Å². The first-order chi connectivity index (χ1) is 7.64. The van der Waals surface area contributed by atoms with E-state index in [9.17, 15) is 8.42 Å². The highest BCUT2D eigenvalue weighted by atomic mass is 32.2. The first-order valence-electron chi connectivity index (χ1n) is 5.31. The van der Waals surface area contributed by atoms with Crippen molar-refractivity contribution in [2.24, 2.45) is 5.41 Å². The molecule has 0 aliphatic rings. The lowest BCUT2D eigenvalue weighted by Gasteiger charge is -2.26. The molecule has 1 aromatic rings. The monoisotopic (exact) mass is 257 g/mol. The average Bonchev–Trinajstić information content (AvgIpc) is 2.15. The van der Waals surface area contributed by atoms with Crippen molar-refractivity contribution in [2.45, 2.75) is 25.7 Å². The number of aromatic nitrogens is 1. The van der Waals surface area contributed by atoms with Gasteiger partial charge in [-0.2, -0.15) is 0 Å². The van der Waals surface area contributed by atoms with Crippen LogP contribution in [0.4, 0.5) is 5.82 Å². The van der Waals surface area contributed by atoms with Crippen molar-refractivity contribution < 1.29 is 8.42 Å². The van der Waals surface area contributed by atoms with Crippen molar-refractivity contribution in [1.29, 1.82) is 0 Å². The number of rotatable bonds is 3. The van der Waals surface area contributed by atoms with Gasteiger partial charge in [-0.3, -0.25) is 0 Å². The highest BCUT2D eigenvalue weighted by molar-refractivity contribution is 7.89. The quantitative estimate of drug-likeness (QED) is 0.886. The molecule has 1 rings (SSSR count). The van der Waals surface area contributed by atoms with Crippen LogP contribution in [-0.4, -0.2) is 31.3 Å². The van der Waals surface area contributed by atoms with Crippen molar-refractivity contribution in [3.63, 3.8) is 0 Å². The van der Waals surface area contributed by atoms with E-state index in [0.29, 0.717) is 6.54 Å². The van der Waals surface area contributed by atoms with Gasteiger partial charge in [0.2, 0.25) is 10.0 Å². The van der Waals surface area contributed by atoms with Crippen molar-refractivity contribution in [1.82, 2.24) is 9.29 Å². The summed E-state index contributed by atoms with van der Waals surface area (Å²) in [6.07, 6.45) is 1.47. The fraction of sp³-hybridized carbons (Fsp3) is 0.545. The number of nitrogen functional groups attached to an aromatic ring is 1. The molecule has 1 aromatic heterocycles. The molecule has 0 aliphatic heterocycles. The molecule has 0 fully saturated rings. The predicted molar refractivity (Wildman–Crippen MR) is 67.9 cm³/mol. The summed E-state index contributed by atoms with van der Waals surface area (Å²) in [4.78, 5) is 3.86. The third kappa shape index (κ3) is 3.41. The molecule has 0 aliphatic carbocycles. The normalized spacial score (nSPS) is 13.0. The maximum absolute atomic E-state index is 12.2. The van der Waals surface area contributed by atoms with Crippen LogP contribution in [0.1, 0.15) is 20.8 Å². The molecule has 1 heterocycles. The number of hydrogen-bond acceptors (Lipinski definition) is 4. The molecular weight excluding hydrogens is 238 g/mol. The van der Waals surface area contributed by atoms with Crippen molar-refractivity contribution in [3.05, 3.63) is 18.3 Å². The van der Waals surface area contributed by atoms with E-state index in [1.807, 2.05) is 20.8 Å². The summed E-state index contributed by atoms with van der Waals surface area (Å²) in [6, 6.07) is 3.03. The minimum Gasteiger partial charge on any atom is -0.383 e. The van der Waals surface area contributed by atoms with Crippen LogP contribution in [-0.2, 0) is 10.0 Å². The summed E-state index contributed by atoms with van der Waals surface area (Å²) < 4.78 is 25.8. The fourth-order valence-electron chi connectivity index (χ4n) is 1.54. The molecule has 0 bridgehead atoms. The van der Waals surface area contributed by atoms with Gasteiger partial charge in [0.15, 0.2) is 0 Å². The largest absolute Gasteiger partial charge is 0.383 e. The fourth-order valence-corrected chi connectivity index (χ4v) is 3.00. The van der Waals surface area contributed by atoms with Gasteiger partial charge in [0, 0.05) is 19.8 Å². The third-order valence-corrected chi connectivity index (χ3v) is 4.04. The zero-order valence-electron chi connectivity index (χ0n) is 10.6. The van der Waals surface area contributed by atoms with Crippen LogP contribution >= 0.6 is 0 Å². The van der Waals surface area contributed by atoms with Crippen LogP contribution in [0.2, 0.25) is 0 Å². The summed E-state index contributed by atoms with van der Waals surface area (Å²) in [5, 5.41) is 0. The lowest BCUT2D eigenvalue weighted by atomic mass is 9.97. The number of pyridine rings is 1. The molecular formula is C11H19N3O2S. The SMILES string of the molecule is CN(CC(C)(C)C)S(=O)(=O)c1cccnc1N. The van der Waals surface area contributed by atoms with E-state index >= 15 is 0 Å². The third-order valence-electron chi connectivity index (χ3n) is 2.18. The molecule has 0 aromatic carbocycles. The first-order valence-corrected chi connectivity index (χ1v) is 6.75. The number of nitrogens with two attached hydrogens (primary N) is 1. The Kier molecular flexibility index (Phi) is 3.78. The van der Waals surface area contributed by atoms with E-state index < -0.39 is 10.0 Å². The molecule has 17 heavy (non-hydrogen) atoms. The number of hydrogen-bond donors (Lipinski definition) is 1. The van der Waals surface area contributed by atoms with Crippen LogP contribution in [0.3, 0.4) is 0 Å². The average molecular weight is 257 g/mol. The zero-order chi connectivity index (χ0) is 13.3. The second-order valence-corrected chi connectivity index (χ2v) is 7.22. The van der Waals surface area contributed by atoms with Gasteiger partial charge in [-0.05, 0) is 17.5 Å². The maximum atomic E-state index is 12.2. The molecule has 6 heteroatoms. The Bertz CT molecular complexity index is 492. The Hall–Kier alpha value is -1.14. The van der Waals surface area contributed by atoms with E-state index in [1.165, 1.54) is 16.6 Å². The molecule has 5 nitrogen and oxygen atoms in total. The van der Waals surface area contributed by atoms with Crippen LogP contribution in [0, 0.1) is 5.41 Å². The van der Waals surface area contributed by atoms with E-state index in [1.54, 1.807) is 13.1 Å². The van der Waals surface area contributed by atoms with Gasteiger partial charge in [-0.25, -0.2) is 17.7 Å². The first kappa shape index (κ1) is 13.9.